The topological polar surface area (TPSA) is 60.7 Å². The van der Waals surface area contributed by atoms with E-state index in [-0.39, 0.29) is 17.9 Å². The van der Waals surface area contributed by atoms with Gasteiger partial charge in [0.25, 0.3) is 0 Å². The van der Waals surface area contributed by atoms with E-state index in [1.165, 1.54) is 23.1 Å². The van der Waals surface area contributed by atoms with Gasteiger partial charge in [-0.15, -0.1) is 0 Å². The third-order valence-electron chi connectivity index (χ3n) is 2.14. The van der Waals surface area contributed by atoms with Crippen molar-refractivity contribution in [1.29, 1.82) is 0 Å². The first-order chi connectivity index (χ1) is 7.66. The molecule has 2 rings (SSSR count). The minimum Gasteiger partial charge on any atom is -0.292 e. The highest BCUT2D eigenvalue weighted by Crippen LogP contribution is 2.03. The summed E-state index contributed by atoms with van der Waals surface area (Å²) >= 11 is 0. The normalized spacial score (nSPS) is 10.4. The predicted octanol–water partition coefficient (Wildman–Crippen LogP) is 0.775. The molecule has 0 bridgehead atoms. The molecular formula is C10H9FN4O. The summed E-state index contributed by atoms with van der Waals surface area (Å²) in [4.78, 5) is 19.3. The van der Waals surface area contributed by atoms with Crippen LogP contribution in [0, 0.1) is 5.82 Å². The molecule has 0 aliphatic carbocycles. The Morgan fingerprint density at radius 2 is 2.25 bits per heavy atom. The van der Waals surface area contributed by atoms with Gasteiger partial charge in [-0.1, -0.05) is 0 Å². The van der Waals surface area contributed by atoms with Crippen LogP contribution in [0.25, 0.3) is 0 Å². The number of carbonyl (C=O) groups is 1. The smallest absolute Gasteiger partial charge is 0.188 e. The number of ketones is 1. The van der Waals surface area contributed by atoms with E-state index in [1.807, 2.05) is 0 Å². The molecule has 0 radical (unpaired) electrons. The molecular weight excluding hydrogens is 211 g/mol. The standard InChI is InChI=1S/C10H9FN4O/c1-15-10(13-6-14-15)4-9(16)8-3-2-7(11)5-12-8/h2-3,5-6H,4H2,1H3. The van der Waals surface area contributed by atoms with Crippen molar-refractivity contribution >= 4 is 5.78 Å². The van der Waals surface area contributed by atoms with E-state index in [2.05, 4.69) is 15.1 Å². The Morgan fingerprint density at radius 1 is 1.44 bits per heavy atom. The van der Waals surface area contributed by atoms with Crippen molar-refractivity contribution in [1.82, 2.24) is 19.7 Å². The van der Waals surface area contributed by atoms with E-state index in [9.17, 15) is 9.18 Å². The van der Waals surface area contributed by atoms with Gasteiger partial charge in [-0.25, -0.2) is 9.37 Å². The fraction of sp³-hybridized carbons (Fsp3) is 0.200. The van der Waals surface area contributed by atoms with Crippen LogP contribution in [0.2, 0.25) is 0 Å². The first kappa shape index (κ1) is 10.4. The lowest BCUT2D eigenvalue weighted by molar-refractivity contribution is 0.0985. The largest absolute Gasteiger partial charge is 0.292 e. The van der Waals surface area contributed by atoms with Gasteiger partial charge in [0.1, 0.15) is 23.7 Å². The summed E-state index contributed by atoms with van der Waals surface area (Å²) < 4.78 is 14.1. The molecule has 0 aliphatic rings. The maximum absolute atomic E-state index is 12.6. The van der Waals surface area contributed by atoms with E-state index in [1.54, 1.807) is 7.05 Å². The van der Waals surface area contributed by atoms with Crippen molar-refractivity contribution in [2.75, 3.05) is 0 Å². The van der Waals surface area contributed by atoms with Crippen LogP contribution in [0.1, 0.15) is 16.3 Å². The van der Waals surface area contributed by atoms with E-state index in [0.29, 0.717) is 5.82 Å². The maximum Gasteiger partial charge on any atom is 0.188 e. The van der Waals surface area contributed by atoms with Gasteiger partial charge in [-0.05, 0) is 12.1 Å². The molecule has 2 aromatic rings. The number of hydrogen-bond donors (Lipinski definition) is 0. The molecule has 2 heterocycles. The van der Waals surface area contributed by atoms with Gasteiger partial charge in [0.05, 0.1) is 12.6 Å². The van der Waals surface area contributed by atoms with E-state index in [0.717, 1.165) is 6.20 Å². The summed E-state index contributed by atoms with van der Waals surface area (Å²) in [5, 5.41) is 3.85. The molecule has 0 saturated heterocycles. The summed E-state index contributed by atoms with van der Waals surface area (Å²) in [6.45, 7) is 0. The van der Waals surface area contributed by atoms with Crippen LogP contribution in [0.3, 0.4) is 0 Å². The molecule has 6 heteroatoms. The van der Waals surface area contributed by atoms with Gasteiger partial charge in [0.2, 0.25) is 0 Å². The van der Waals surface area contributed by atoms with Crippen molar-refractivity contribution in [3.05, 3.63) is 42.0 Å². The van der Waals surface area contributed by atoms with Gasteiger partial charge in [0.15, 0.2) is 5.78 Å². The zero-order valence-electron chi connectivity index (χ0n) is 8.59. The van der Waals surface area contributed by atoms with Gasteiger partial charge in [0, 0.05) is 7.05 Å². The molecule has 16 heavy (non-hydrogen) atoms. The molecule has 0 fully saturated rings. The van der Waals surface area contributed by atoms with Gasteiger partial charge >= 0.3 is 0 Å². The van der Waals surface area contributed by atoms with Crippen molar-refractivity contribution in [3.63, 3.8) is 0 Å². The minimum absolute atomic E-state index is 0.106. The van der Waals surface area contributed by atoms with Crippen LogP contribution in [-0.4, -0.2) is 25.5 Å². The maximum atomic E-state index is 12.6. The van der Waals surface area contributed by atoms with Crippen LogP contribution < -0.4 is 0 Å². The summed E-state index contributed by atoms with van der Waals surface area (Å²) in [6, 6.07) is 2.56. The van der Waals surface area contributed by atoms with Crippen LogP contribution in [-0.2, 0) is 13.5 Å². The molecule has 0 aromatic carbocycles. The monoisotopic (exact) mass is 220 g/mol. The molecule has 0 N–H and O–H groups in total. The molecule has 0 atom stereocenters. The Morgan fingerprint density at radius 3 is 2.81 bits per heavy atom. The van der Waals surface area contributed by atoms with Crippen molar-refractivity contribution < 1.29 is 9.18 Å². The second-order valence-electron chi connectivity index (χ2n) is 3.26. The van der Waals surface area contributed by atoms with Gasteiger partial charge in [-0.2, -0.15) is 5.10 Å². The van der Waals surface area contributed by atoms with Crippen molar-refractivity contribution in [2.24, 2.45) is 7.05 Å². The Hall–Kier alpha value is -2.11. The molecule has 0 spiro atoms. The van der Waals surface area contributed by atoms with Crippen molar-refractivity contribution in [2.45, 2.75) is 6.42 Å². The number of rotatable bonds is 3. The highest BCUT2D eigenvalue weighted by Gasteiger charge is 2.11. The van der Waals surface area contributed by atoms with E-state index < -0.39 is 5.82 Å². The van der Waals surface area contributed by atoms with Gasteiger partial charge in [-0.3, -0.25) is 14.5 Å². The lowest BCUT2D eigenvalue weighted by Crippen LogP contribution is -2.10. The zero-order chi connectivity index (χ0) is 11.5. The lowest BCUT2D eigenvalue weighted by atomic mass is 10.2. The second-order valence-corrected chi connectivity index (χ2v) is 3.26. The Balaban J connectivity index is 2.15. The first-order valence-corrected chi connectivity index (χ1v) is 4.64. The molecule has 0 aliphatic heterocycles. The van der Waals surface area contributed by atoms with Crippen LogP contribution >= 0.6 is 0 Å². The number of hydrogen-bond acceptors (Lipinski definition) is 4. The average molecular weight is 220 g/mol. The molecule has 5 nitrogen and oxygen atoms in total. The summed E-state index contributed by atoms with van der Waals surface area (Å²) in [5.74, 6) is -0.123. The number of Topliss-reactive ketones (excluding diaryl/α,β-unsaturated/α-hetero) is 1. The number of aromatic nitrogens is 4. The molecule has 82 valence electrons. The Kier molecular flexibility index (Phi) is 2.72. The van der Waals surface area contributed by atoms with E-state index in [4.69, 9.17) is 0 Å². The second kappa shape index (κ2) is 4.18. The third kappa shape index (κ3) is 2.10. The van der Waals surface area contributed by atoms with Crippen LogP contribution in [0.15, 0.2) is 24.7 Å². The first-order valence-electron chi connectivity index (χ1n) is 4.64. The van der Waals surface area contributed by atoms with Crippen LogP contribution in [0.5, 0.6) is 0 Å². The fourth-order valence-corrected chi connectivity index (χ4v) is 1.26. The van der Waals surface area contributed by atoms with E-state index >= 15 is 0 Å². The number of aryl methyl sites for hydroxylation is 1. The fourth-order valence-electron chi connectivity index (χ4n) is 1.26. The lowest BCUT2D eigenvalue weighted by Gasteiger charge is -1.99. The Labute approximate surface area is 91.0 Å². The molecule has 0 saturated carbocycles. The summed E-state index contributed by atoms with van der Waals surface area (Å²) in [5.41, 5.74) is 0.226. The predicted molar refractivity (Wildman–Crippen MR) is 53.2 cm³/mol. The zero-order valence-corrected chi connectivity index (χ0v) is 8.59. The number of nitrogens with zero attached hydrogens (tertiary/aromatic N) is 4. The molecule has 2 aromatic heterocycles. The average Bonchev–Trinajstić information content (AvgIpc) is 2.65. The quantitative estimate of drug-likeness (QED) is 0.717. The minimum atomic E-state index is -0.463. The Bertz CT molecular complexity index is 506. The number of halogens is 1. The van der Waals surface area contributed by atoms with Crippen molar-refractivity contribution in [3.8, 4) is 0 Å². The summed E-state index contributed by atoms with van der Waals surface area (Å²) in [6.07, 6.45) is 2.50. The van der Waals surface area contributed by atoms with Crippen LogP contribution in [0.4, 0.5) is 4.39 Å². The molecule has 0 amide bonds. The van der Waals surface area contributed by atoms with Gasteiger partial charge < -0.3 is 0 Å². The molecule has 0 unspecified atom stereocenters. The summed E-state index contributed by atoms with van der Waals surface area (Å²) in [7, 11) is 1.70. The number of carbonyl (C=O) groups excluding carboxylic acids is 1. The highest BCUT2D eigenvalue weighted by atomic mass is 19.1. The SMILES string of the molecule is Cn1ncnc1CC(=O)c1ccc(F)cn1. The third-order valence-corrected chi connectivity index (χ3v) is 2.14. The highest BCUT2D eigenvalue weighted by molar-refractivity contribution is 5.95. The number of pyridine rings is 1.